The number of nitrogens with zero attached hydrogens (tertiary/aromatic N) is 2. The third kappa shape index (κ3) is 2.76. The molecule has 0 saturated heterocycles. The summed E-state index contributed by atoms with van der Waals surface area (Å²) in [6.45, 7) is 1.82. The van der Waals surface area contributed by atoms with Gasteiger partial charge in [-0.25, -0.2) is 0 Å². The van der Waals surface area contributed by atoms with E-state index >= 15 is 0 Å². The van der Waals surface area contributed by atoms with E-state index in [0.717, 1.165) is 11.1 Å². The van der Waals surface area contributed by atoms with Crippen LogP contribution in [0.3, 0.4) is 0 Å². The summed E-state index contributed by atoms with van der Waals surface area (Å²) in [4.78, 5) is 0. The second-order valence-corrected chi connectivity index (χ2v) is 5.16. The van der Waals surface area contributed by atoms with Crippen molar-refractivity contribution in [3.63, 3.8) is 0 Å². The van der Waals surface area contributed by atoms with Gasteiger partial charge in [-0.1, -0.05) is 36.4 Å². The maximum absolute atomic E-state index is 9.74. The van der Waals surface area contributed by atoms with Gasteiger partial charge in [0.2, 0.25) is 11.8 Å². The third-order valence-electron chi connectivity index (χ3n) is 3.21. The molecular formula is C16H13ClN2O2. The third-order valence-corrected chi connectivity index (χ3v) is 3.64. The highest BCUT2D eigenvalue weighted by Gasteiger charge is 2.18. The molecule has 2 aromatic carbocycles. The first-order valence-electron chi connectivity index (χ1n) is 6.47. The zero-order chi connectivity index (χ0) is 14.8. The Morgan fingerprint density at radius 1 is 1.10 bits per heavy atom. The van der Waals surface area contributed by atoms with E-state index in [-0.39, 0.29) is 5.75 Å². The van der Waals surface area contributed by atoms with Gasteiger partial charge in [0.15, 0.2) is 0 Å². The van der Waals surface area contributed by atoms with E-state index in [4.69, 9.17) is 16.0 Å². The molecule has 0 aliphatic carbocycles. The van der Waals surface area contributed by atoms with Gasteiger partial charge >= 0.3 is 0 Å². The Labute approximate surface area is 127 Å². The van der Waals surface area contributed by atoms with Crippen LogP contribution >= 0.6 is 11.6 Å². The molecule has 1 atom stereocenters. The summed E-state index contributed by atoms with van der Waals surface area (Å²) >= 11 is 6.34. The minimum Gasteiger partial charge on any atom is -0.508 e. The number of aromatic hydroxyl groups is 1. The molecule has 0 aliphatic heterocycles. The number of aromatic nitrogens is 2. The molecule has 0 saturated carbocycles. The smallest absolute Gasteiger partial charge is 0.247 e. The highest BCUT2D eigenvalue weighted by atomic mass is 35.5. The Balaban J connectivity index is 1.91. The minimum absolute atomic E-state index is 0.192. The van der Waals surface area contributed by atoms with Crippen LogP contribution in [0.5, 0.6) is 5.75 Å². The number of aryl methyl sites for hydroxylation is 1. The van der Waals surface area contributed by atoms with Crippen LogP contribution in [0, 0.1) is 6.92 Å². The van der Waals surface area contributed by atoms with Gasteiger partial charge in [0.05, 0.1) is 0 Å². The second kappa shape index (κ2) is 5.58. The number of phenols is 1. The minimum atomic E-state index is -0.494. The Hall–Kier alpha value is -2.33. The summed E-state index contributed by atoms with van der Waals surface area (Å²) in [6, 6.07) is 14.7. The molecule has 0 spiro atoms. The van der Waals surface area contributed by atoms with Crippen molar-refractivity contribution >= 4 is 11.6 Å². The first-order valence-corrected chi connectivity index (χ1v) is 6.91. The van der Waals surface area contributed by atoms with Crippen molar-refractivity contribution in [2.75, 3.05) is 0 Å². The van der Waals surface area contributed by atoms with Gasteiger partial charge in [0.25, 0.3) is 0 Å². The first kappa shape index (κ1) is 13.6. The van der Waals surface area contributed by atoms with Crippen molar-refractivity contribution < 1.29 is 9.52 Å². The van der Waals surface area contributed by atoms with Gasteiger partial charge in [-0.15, -0.1) is 21.8 Å². The summed E-state index contributed by atoms with van der Waals surface area (Å²) in [7, 11) is 0. The maximum Gasteiger partial charge on any atom is 0.247 e. The van der Waals surface area contributed by atoms with E-state index in [0.29, 0.717) is 17.3 Å². The molecule has 1 aromatic heterocycles. The van der Waals surface area contributed by atoms with Crippen LogP contribution in [0.1, 0.15) is 22.4 Å². The summed E-state index contributed by atoms with van der Waals surface area (Å²) in [5, 5.41) is 17.2. The lowest BCUT2D eigenvalue weighted by Crippen LogP contribution is -1.92. The van der Waals surface area contributed by atoms with Crippen LogP contribution in [-0.2, 0) is 0 Å². The van der Waals surface area contributed by atoms with E-state index in [2.05, 4.69) is 10.2 Å². The van der Waals surface area contributed by atoms with Crippen LogP contribution in [0.15, 0.2) is 52.9 Å². The largest absolute Gasteiger partial charge is 0.508 e. The SMILES string of the molecule is Cc1ccc(-c2nnc(C(Cl)c3ccccc3)o2)cc1O. The van der Waals surface area contributed by atoms with Crippen molar-refractivity contribution in [1.82, 2.24) is 10.2 Å². The van der Waals surface area contributed by atoms with Gasteiger partial charge in [-0.2, -0.15) is 0 Å². The van der Waals surface area contributed by atoms with E-state index in [1.165, 1.54) is 0 Å². The predicted octanol–water partition coefficient (Wildman–Crippen LogP) is 4.08. The molecule has 5 heteroatoms. The summed E-state index contributed by atoms with van der Waals surface area (Å²) in [5.41, 5.74) is 2.34. The zero-order valence-corrected chi connectivity index (χ0v) is 12.1. The average Bonchev–Trinajstić information content (AvgIpc) is 3.00. The Morgan fingerprint density at radius 3 is 2.57 bits per heavy atom. The molecule has 0 fully saturated rings. The molecule has 1 unspecified atom stereocenters. The Kier molecular flexibility index (Phi) is 3.62. The molecule has 1 N–H and O–H groups in total. The number of alkyl halides is 1. The van der Waals surface area contributed by atoms with Crippen LogP contribution in [0.25, 0.3) is 11.5 Å². The van der Waals surface area contributed by atoms with Crippen LogP contribution in [0.4, 0.5) is 0 Å². The van der Waals surface area contributed by atoms with Crippen molar-refractivity contribution in [1.29, 1.82) is 0 Å². The fourth-order valence-electron chi connectivity index (χ4n) is 1.96. The fraction of sp³-hybridized carbons (Fsp3) is 0.125. The Morgan fingerprint density at radius 2 is 1.86 bits per heavy atom. The lowest BCUT2D eigenvalue weighted by atomic mass is 10.1. The number of hydrogen-bond acceptors (Lipinski definition) is 4. The average molecular weight is 301 g/mol. The van der Waals surface area contributed by atoms with Gasteiger partial charge in [0, 0.05) is 5.56 Å². The first-order chi connectivity index (χ1) is 10.1. The van der Waals surface area contributed by atoms with Crippen LogP contribution in [-0.4, -0.2) is 15.3 Å². The number of halogens is 1. The molecule has 3 aromatic rings. The Bertz CT molecular complexity index is 756. The van der Waals surface area contributed by atoms with E-state index in [1.807, 2.05) is 43.3 Å². The predicted molar refractivity (Wildman–Crippen MR) is 80.3 cm³/mol. The molecule has 3 rings (SSSR count). The molecule has 106 valence electrons. The summed E-state index contributed by atoms with van der Waals surface area (Å²) in [6.07, 6.45) is 0. The second-order valence-electron chi connectivity index (χ2n) is 4.72. The maximum atomic E-state index is 9.74. The summed E-state index contributed by atoms with van der Waals surface area (Å²) in [5.74, 6) is 0.859. The van der Waals surface area contributed by atoms with Gasteiger partial charge in [-0.3, -0.25) is 0 Å². The molecule has 0 radical (unpaired) electrons. The van der Waals surface area contributed by atoms with Crippen molar-refractivity contribution in [3.8, 4) is 17.2 Å². The molecule has 0 aliphatic rings. The van der Waals surface area contributed by atoms with Gasteiger partial charge in [0.1, 0.15) is 11.1 Å². The molecule has 0 amide bonds. The highest BCUT2D eigenvalue weighted by molar-refractivity contribution is 6.22. The van der Waals surface area contributed by atoms with Crippen LogP contribution in [0.2, 0.25) is 0 Å². The quantitative estimate of drug-likeness (QED) is 0.740. The molecular weight excluding hydrogens is 288 g/mol. The van der Waals surface area contributed by atoms with Crippen molar-refractivity contribution in [2.45, 2.75) is 12.3 Å². The number of rotatable bonds is 3. The standard InChI is InChI=1S/C16H13ClN2O2/c1-10-7-8-12(9-13(10)20)15-18-19-16(21-15)14(17)11-5-3-2-4-6-11/h2-9,14,20H,1H3. The van der Waals surface area contributed by atoms with E-state index in [9.17, 15) is 5.11 Å². The zero-order valence-electron chi connectivity index (χ0n) is 11.3. The number of phenolic OH excluding ortho intramolecular Hbond substituents is 1. The molecule has 4 nitrogen and oxygen atoms in total. The van der Waals surface area contributed by atoms with Crippen molar-refractivity contribution in [2.24, 2.45) is 0 Å². The molecule has 0 bridgehead atoms. The van der Waals surface area contributed by atoms with E-state index in [1.54, 1.807) is 12.1 Å². The van der Waals surface area contributed by atoms with E-state index < -0.39 is 5.38 Å². The van der Waals surface area contributed by atoms with Crippen molar-refractivity contribution in [3.05, 3.63) is 65.5 Å². The number of benzene rings is 2. The fourth-order valence-corrected chi connectivity index (χ4v) is 2.19. The lowest BCUT2D eigenvalue weighted by Gasteiger charge is -2.04. The number of hydrogen-bond donors (Lipinski definition) is 1. The van der Waals surface area contributed by atoms with Gasteiger partial charge in [-0.05, 0) is 30.2 Å². The normalized spacial score (nSPS) is 12.3. The lowest BCUT2D eigenvalue weighted by molar-refractivity contribution is 0.470. The highest BCUT2D eigenvalue weighted by Crippen LogP contribution is 2.31. The summed E-state index contributed by atoms with van der Waals surface area (Å²) < 4.78 is 5.62. The van der Waals surface area contributed by atoms with Crippen LogP contribution < -0.4 is 0 Å². The molecule has 21 heavy (non-hydrogen) atoms. The topological polar surface area (TPSA) is 59.2 Å². The monoisotopic (exact) mass is 300 g/mol. The molecule has 1 heterocycles. The van der Waals surface area contributed by atoms with Gasteiger partial charge < -0.3 is 9.52 Å².